The van der Waals surface area contributed by atoms with E-state index in [2.05, 4.69) is 0 Å². The standard InChI is InChI=1S/C6H8N/c1-7-5-3-2-4-6-7/h2-6H,1H3/q+1/i1D. The molecule has 1 aromatic heterocycles. The summed E-state index contributed by atoms with van der Waals surface area (Å²) in [5, 5.41) is 0. The summed E-state index contributed by atoms with van der Waals surface area (Å²) in [6, 6.07) is 5.76. The highest BCUT2D eigenvalue weighted by Gasteiger charge is 1.78. The first-order valence-electron chi connectivity index (χ1n) is 2.87. The van der Waals surface area contributed by atoms with E-state index in [-0.39, 0.29) is 0 Å². The van der Waals surface area contributed by atoms with E-state index in [9.17, 15) is 0 Å². The molecule has 0 fully saturated rings. The summed E-state index contributed by atoms with van der Waals surface area (Å²) in [4.78, 5) is 0. The van der Waals surface area contributed by atoms with Gasteiger partial charge in [-0.3, -0.25) is 0 Å². The van der Waals surface area contributed by atoms with E-state index >= 15 is 0 Å². The van der Waals surface area contributed by atoms with E-state index in [0.717, 1.165) is 0 Å². The summed E-state index contributed by atoms with van der Waals surface area (Å²) in [6.45, 7) is 0. The molecule has 1 aromatic rings. The van der Waals surface area contributed by atoms with Gasteiger partial charge in [-0.1, -0.05) is 6.07 Å². The summed E-state index contributed by atoms with van der Waals surface area (Å²) >= 11 is 0. The van der Waals surface area contributed by atoms with Gasteiger partial charge < -0.3 is 0 Å². The molecule has 0 aliphatic rings. The topological polar surface area (TPSA) is 3.88 Å². The van der Waals surface area contributed by atoms with Crippen molar-refractivity contribution in [3.05, 3.63) is 30.6 Å². The molecule has 1 heterocycles. The van der Waals surface area contributed by atoms with Gasteiger partial charge >= 0.3 is 0 Å². The van der Waals surface area contributed by atoms with Crippen molar-refractivity contribution in [3.8, 4) is 0 Å². The average molecular weight is 95.1 g/mol. The second-order valence-corrected chi connectivity index (χ2v) is 1.39. The van der Waals surface area contributed by atoms with Gasteiger partial charge in [0.25, 0.3) is 0 Å². The molecule has 1 heteroatoms. The Morgan fingerprint density at radius 2 is 2.00 bits per heavy atom. The lowest BCUT2D eigenvalue weighted by molar-refractivity contribution is -0.671. The number of nitrogens with zero attached hydrogens (tertiary/aromatic N) is 1. The highest BCUT2D eigenvalue weighted by Crippen LogP contribution is 1.71. The third kappa shape index (κ3) is 1.000. The molecule has 1 rings (SSSR count). The van der Waals surface area contributed by atoms with E-state index in [1.807, 2.05) is 30.6 Å². The van der Waals surface area contributed by atoms with Crippen molar-refractivity contribution in [3.63, 3.8) is 0 Å². The first-order valence-corrected chi connectivity index (χ1v) is 2.17. The minimum Gasteiger partial charge on any atom is -0.208 e. The summed E-state index contributed by atoms with van der Waals surface area (Å²) in [6.07, 6.45) is 3.74. The van der Waals surface area contributed by atoms with E-state index in [0.29, 0.717) is 7.02 Å². The maximum Gasteiger partial charge on any atom is 0.168 e. The van der Waals surface area contributed by atoms with Crippen molar-refractivity contribution in [1.29, 1.82) is 0 Å². The second-order valence-electron chi connectivity index (χ2n) is 1.39. The van der Waals surface area contributed by atoms with Crippen LogP contribution in [0.3, 0.4) is 0 Å². The van der Waals surface area contributed by atoms with Crippen LogP contribution in [0.1, 0.15) is 1.37 Å². The van der Waals surface area contributed by atoms with Gasteiger partial charge in [-0.15, -0.1) is 0 Å². The highest BCUT2D eigenvalue weighted by atomic mass is 14.9. The molecule has 0 aliphatic heterocycles. The lowest BCUT2D eigenvalue weighted by Gasteiger charge is -1.77. The summed E-state index contributed by atoms with van der Waals surface area (Å²) < 4.78 is 8.70. The average Bonchev–Trinajstić information content (AvgIpc) is 1.90. The minimum absolute atomic E-state index is 0.306. The fourth-order valence-electron chi connectivity index (χ4n) is 0.434. The molecule has 0 amide bonds. The Morgan fingerprint density at radius 1 is 1.29 bits per heavy atom. The zero-order chi connectivity index (χ0) is 5.82. The van der Waals surface area contributed by atoms with Crippen molar-refractivity contribution in [2.45, 2.75) is 0 Å². The molecule has 0 N–H and O–H groups in total. The monoisotopic (exact) mass is 95.1 g/mol. The molecule has 7 heavy (non-hydrogen) atoms. The number of rotatable bonds is 0. The van der Waals surface area contributed by atoms with E-state index in [4.69, 9.17) is 1.37 Å². The minimum atomic E-state index is 0.306. The van der Waals surface area contributed by atoms with Crippen LogP contribution in [-0.2, 0) is 7.02 Å². The van der Waals surface area contributed by atoms with Crippen LogP contribution in [0.15, 0.2) is 30.6 Å². The van der Waals surface area contributed by atoms with Gasteiger partial charge in [0.2, 0.25) is 0 Å². The first kappa shape index (κ1) is 3.19. The van der Waals surface area contributed by atoms with Crippen LogP contribution in [0.5, 0.6) is 0 Å². The molecule has 36 valence electrons. The van der Waals surface area contributed by atoms with Crippen LogP contribution in [0.2, 0.25) is 0 Å². The SMILES string of the molecule is [2H]C[n+]1ccccc1. The van der Waals surface area contributed by atoms with Crippen molar-refractivity contribution >= 4 is 0 Å². The number of hydrogen-bond donors (Lipinski definition) is 0. The number of aromatic nitrogens is 1. The Kier molecular flexibility index (Phi) is 0.791. The largest absolute Gasteiger partial charge is 0.208 e. The third-order valence-electron chi connectivity index (χ3n) is 0.777. The number of hydrogen-bond acceptors (Lipinski definition) is 0. The predicted molar refractivity (Wildman–Crippen MR) is 27.6 cm³/mol. The molecule has 0 aromatic carbocycles. The zero-order valence-electron chi connectivity index (χ0n) is 5.04. The fraction of sp³-hybridized carbons (Fsp3) is 0.167. The summed E-state index contributed by atoms with van der Waals surface area (Å²) in [5.41, 5.74) is 0. The predicted octanol–water partition coefficient (Wildman–Crippen LogP) is 0.511. The van der Waals surface area contributed by atoms with Crippen LogP contribution in [-0.4, -0.2) is 0 Å². The van der Waals surface area contributed by atoms with Crippen LogP contribution < -0.4 is 4.57 Å². The van der Waals surface area contributed by atoms with Gasteiger partial charge in [-0.05, 0) is 0 Å². The van der Waals surface area contributed by atoms with Gasteiger partial charge in [0.05, 0.1) is 0 Å². The summed E-state index contributed by atoms with van der Waals surface area (Å²) in [5.74, 6) is 0. The van der Waals surface area contributed by atoms with Crippen molar-refractivity contribution in [2.24, 2.45) is 7.02 Å². The lowest BCUT2D eigenvalue weighted by Crippen LogP contribution is -2.25. The molecule has 0 aliphatic carbocycles. The first-order chi connectivity index (χ1) is 3.93. The van der Waals surface area contributed by atoms with Crippen molar-refractivity contribution in [1.82, 2.24) is 0 Å². The molecule has 0 atom stereocenters. The lowest BCUT2D eigenvalue weighted by atomic mass is 10.5. The van der Waals surface area contributed by atoms with Gasteiger partial charge in [-0.25, -0.2) is 4.57 Å². The number of pyridine rings is 1. The Balaban J connectivity index is 2.83. The van der Waals surface area contributed by atoms with Crippen molar-refractivity contribution < 1.29 is 5.94 Å². The van der Waals surface area contributed by atoms with E-state index < -0.39 is 0 Å². The Labute approximate surface area is 44.6 Å². The normalized spacial score (nSPS) is 10.6. The van der Waals surface area contributed by atoms with Crippen LogP contribution in [0.25, 0.3) is 0 Å². The zero-order valence-corrected chi connectivity index (χ0v) is 4.04. The molecule has 0 saturated heterocycles. The van der Waals surface area contributed by atoms with Gasteiger partial charge in [0, 0.05) is 12.1 Å². The van der Waals surface area contributed by atoms with E-state index in [1.165, 1.54) is 0 Å². The van der Waals surface area contributed by atoms with E-state index in [1.54, 1.807) is 4.57 Å². The smallest absolute Gasteiger partial charge is 0.168 e. The molecule has 0 bridgehead atoms. The molecule has 0 radical (unpaired) electrons. The van der Waals surface area contributed by atoms with Crippen LogP contribution >= 0.6 is 0 Å². The molecule has 0 saturated carbocycles. The highest BCUT2D eigenvalue weighted by molar-refractivity contribution is 4.83. The summed E-state index contributed by atoms with van der Waals surface area (Å²) in [7, 11) is 0.306. The second kappa shape index (κ2) is 1.73. The molecule has 0 spiro atoms. The maximum atomic E-state index is 6.91. The van der Waals surface area contributed by atoms with Gasteiger partial charge in [0.1, 0.15) is 8.39 Å². The van der Waals surface area contributed by atoms with Crippen molar-refractivity contribution in [2.75, 3.05) is 0 Å². The van der Waals surface area contributed by atoms with Gasteiger partial charge in [-0.2, -0.15) is 0 Å². The van der Waals surface area contributed by atoms with Gasteiger partial charge in [0.15, 0.2) is 12.4 Å². The Hall–Kier alpha value is -0.850. The van der Waals surface area contributed by atoms with Crippen LogP contribution in [0, 0.1) is 0 Å². The molecule has 1 nitrogen and oxygen atoms in total. The Bertz CT molecular complexity index is 150. The van der Waals surface area contributed by atoms with Crippen LogP contribution in [0.4, 0.5) is 0 Å². The Morgan fingerprint density at radius 3 is 2.43 bits per heavy atom. The molecular formula is C6H8N+. The number of aryl methyl sites for hydroxylation is 1. The fourth-order valence-corrected chi connectivity index (χ4v) is 0.434. The quantitative estimate of drug-likeness (QED) is 0.413. The molecule has 0 unspecified atom stereocenters. The maximum absolute atomic E-state index is 6.91. The third-order valence-corrected chi connectivity index (χ3v) is 0.777. The molecular weight excluding hydrogens is 86.1 g/mol.